The van der Waals surface area contributed by atoms with Gasteiger partial charge in [-0.3, -0.25) is 4.79 Å². The highest BCUT2D eigenvalue weighted by molar-refractivity contribution is 6.30. The summed E-state index contributed by atoms with van der Waals surface area (Å²) in [7, 11) is 0. The molecule has 0 atom stereocenters. The monoisotopic (exact) mass is 290 g/mol. The lowest BCUT2D eigenvalue weighted by molar-refractivity contribution is -0.115. The third-order valence-corrected chi connectivity index (χ3v) is 2.81. The molecule has 0 unspecified atom stereocenters. The minimum atomic E-state index is -0.113. The van der Waals surface area contributed by atoms with Gasteiger partial charge in [0, 0.05) is 23.5 Å². The number of carbonyl (C=O) groups is 1. The third-order valence-electron chi connectivity index (χ3n) is 2.55. The highest BCUT2D eigenvalue weighted by Crippen LogP contribution is 2.12. The average molecular weight is 291 g/mol. The summed E-state index contributed by atoms with van der Waals surface area (Å²) in [6.45, 7) is 2.57. The molecule has 2 rings (SSSR count). The van der Waals surface area contributed by atoms with Gasteiger partial charge in [0.05, 0.1) is 12.2 Å². The Balaban J connectivity index is 1.76. The second-order valence-corrected chi connectivity index (χ2v) is 4.69. The van der Waals surface area contributed by atoms with Crippen molar-refractivity contribution in [1.82, 2.24) is 15.3 Å². The first kappa shape index (κ1) is 14.4. The number of anilines is 1. The summed E-state index contributed by atoms with van der Waals surface area (Å²) in [5, 5.41) is 6.44. The molecule has 0 fully saturated rings. The van der Waals surface area contributed by atoms with Gasteiger partial charge in [-0.15, -0.1) is 0 Å². The number of hydrogen-bond donors (Lipinski definition) is 2. The van der Waals surface area contributed by atoms with Crippen LogP contribution in [0.1, 0.15) is 11.5 Å². The third kappa shape index (κ3) is 4.60. The van der Waals surface area contributed by atoms with E-state index in [9.17, 15) is 4.79 Å². The van der Waals surface area contributed by atoms with Crippen LogP contribution in [-0.2, 0) is 11.3 Å². The van der Waals surface area contributed by atoms with Crippen LogP contribution in [0.3, 0.4) is 0 Å². The Bertz CT molecular complexity index is 586. The summed E-state index contributed by atoms with van der Waals surface area (Å²) in [5.74, 6) is 0.605. The molecule has 0 spiro atoms. The van der Waals surface area contributed by atoms with Crippen LogP contribution in [0.15, 0.2) is 36.5 Å². The quantitative estimate of drug-likeness (QED) is 0.885. The van der Waals surface area contributed by atoms with E-state index in [1.807, 2.05) is 13.0 Å². The zero-order valence-corrected chi connectivity index (χ0v) is 11.8. The summed E-state index contributed by atoms with van der Waals surface area (Å²) in [5.41, 5.74) is 1.58. The van der Waals surface area contributed by atoms with Gasteiger partial charge in [0.2, 0.25) is 5.91 Å². The minimum Gasteiger partial charge on any atom is -0.325 e. The number of benzene rings is 1. The maximum absolute atomic E-state index is 11.7. The number of nitrogens with one attached hydrogen (secondary N) is 2. The van der Waals surface area contributed by atoms with Crippen LogP contribution >= 0.6 is 11.6 Å². The molecule has 6 heteroatoms. The second-order valence-electron chi connectivity index (χ2n) is 4.25. The van der Waals surface area contributed by atoms with Crippen LogP contribution in [0.5, 0.6) is 0 Å². The Morgan fingerprint density at radius 2 is 2.00 bits per heavy atom. The maximum Gasteiger partial charge on any atom is 0.238 e. The van der Waals surface area contributed by atoms with E-state index < -0.39 is 0 Å². The summed E-state index contributed by atoms with van der Waals surface area (Å²) in [6, 6.07) is 8.79. The predicted molar refractivity (Wildman–Crippen MR) is 78.6 cm³/mol. The molecule has 0 saturated heterocycles. The summed E-state index contributed by atoms with van der Waals surface area (Å²) in [4.78, 5) is 20.0. The topological polar surface area (TPSA) is 66.9 Å². The smallest absolute Gasteiger partial charge is 0.238 e. The normalized spacial score (nSPS) is 10.3. The van der Waals surface area contributed by atoms with Gasteiger partial charge in [0.15, 0.2) is 0 Å². The molecule has 0 aliphatic rings. The summed E-state index contributed by atoms with van der Waals surface area (Å²) < 4.78 is 0. The van der Waals surface area contributed by atoms with Crippen molar-refractivity contribution in [2.75, 3.05) is 11.9 Å². The highest BCUT2D eigenvalue weighted by atomic mass is 35.5. The molecule has 0 saturated carbocycles. The minimum absolute atomic E-state index is 0.113. The van der Waals surface area contributed by atoms with E-state index >= 15 is 0 Å². The van der Waals surface area contributed by atoms with Crippen molar-refractivity contribution in [3.05, 3.63) is 53.1 Å². The summed E-state index contributed by atoms with van der Waals surface area (Å²) >= 11 is 5.78. The number of aromatic nitrogens is 2. The Labute approximate surface area is 122 Å². The first-order valence-corrected chi connectivity index (χ1v) is 6.56. The average Bonchev–Trinajstić information content (AvgIpc) is 2.41. The van der Waals surface area contributed by atoms with E-state index in [0.717, 1.165) is 17.2 Å². The van der Waals surface area contributed by atoms with E-state index in [0.29, 0.717) is 11.6 Å². The van der Waals surface area contributed by atoms with Crippen LogP contribution in [0, 0.1) is 6.92 Å². The van der Waals surface area contributed by atoms with Gasteiger partial charge in [-0.2, -0.15) is 0 Å². The maximum atomic E-state index is 11.7. The number of hydrogen-bond acceptors (Lipinski definition) is 4. The zero-order chi connectivity index (χ0) is 14.4. The lowest BCUT2D eigenvalue weighted by atomic mass is 10.3. The fraction of sp³-hybridized carbons (Fsp3) is 0.214. The molecule has 1 amide bonds. The first-order chi connectivity index (χ1) is 9.63. The second kappa shape index (κ2) is 6.98. The lowest BCUT2D eigenvalue weighted by Gasteiger charge is -2.07. The van der Waals surface area contributed by atoms with Crippen molar-refractivity contribution in [2.24, 2.45) is 0 Å². The molecule has 104 valence electrons. The highest BCUT2D eigenvalue weighted by Gasteiger charge is 2.02. The fourth-order valence-electron chi connectivity index (χ4n) is 1.65. The molecule has 20 heavy (non-hydrogen) atoms. The molecule has 0 aliphatic carbocycles. The zero-order valence-electron chi connectivity index (χ0n) is 11.1. The van der Waals surface area contributed by atoms with Gasteiger partial charge >= 0.3 is 0 Å². The van der Waals surface area contributed by atoms with Crippen molar-refractivity contribution in [1.29, 1.82) is 0 Å². The molecule has 0 bridgehead atoms. The summed E-state index contributed by atoms with van der Waals surface area (Å²) in [6.07, 6.45) is 1.70. The lowest BCUT2D eigenvalue weighted by Crippen LogP contribution is -2.28. The van der Waals surface area contributed by atoms with Crippen LogP contribution in [-0.4, -0.2) is 22.4 Å². The van der Waals surface area contributed by atoms with E-state index in [1.54, 1.807) is 30.5 Å². The van der Waals surface area contributed by atoms with Gasteiger partial charge in [-0.05, 0) is 37.3 Å². The van der Waals surface area contributed by atoms with Gasteiger partial charge < -0.3 is 10.6 Å². The van der Waals surface area contributed by atoms with Gasteiger partial charge in [-0.25, -0.2) is 9.97 Å². The van der Waals surface area contributed by atoms with Gasteiger partial charge in [-0.1, -0.05) is 11.6 Å². The Morgan fingerprint density at radius 3 is 2.70 bits per heavy atom. The molecule has 1 aromatic carbocycles. The van der Waals surface area contributed by atoms with Gasteiger partial charge in [0.25, 0.3) is 0 Å². The van der Waals surface area contributed by atoms with Crippen LogP contribution in [0.25, 0.3) is 0 Å². The van der Waals surface area contributed by atoms with Crippen molar-refractivity contribution in [2.45, 2.75) is 13.5 Å². The number of halogens is 1. The molecular formula is C14H15ClN4O. The SMILES string of the molecule is Cc1nccc(CNCC(=O)Nc2ccc(Cl)cc2)n1. The van der Waals surface area contributed by atoms with Gasteiger partial charge in [0.1, 0.15) is 5.82 Å². The standard InChI is InChI=1S/C14H15ClN4O/c1-10-17-7-6-13(18-10)8-16-9-14(20)19-12-4-2-11(15)3-5-12/h2-7,16H,8-9H2,1H3,(H,19,20). The van der Waals surface area contributed by atoms with Crippen LogP contribution < -0.4 is 10.6 Å². The number of nitrogens with zero attached hydrogens (tertiary/aromatic N) is 2. The Morgan fingerprint density at radius 1 is 1.25 bits per heavy atom. The molecule has 2 aromatic rings. The first-order valence-electron chi connectivity index (χ1n) is 6.18. The van der Waals surface area contributed by atoms with Crippen molar-refractivity contribution in [3.63, 3.8) is 0 Å². The fourth-order valence-corrected chi connectivity index (χ4v) is 1.77. The van der Waals surface area contributed by atoms with E-state index in [1.165, 1.54) is 0 Å². The number of amides is 1. The Kier molecular flexibility index (Phi) is 5.03. The van der Waals surface area contributed by atoms with Crippen molar-refractivity contribution >= 4 is 23.2 Å². The van der Waals surface area contributed by atoms with Crippen LogP contribution in [0.4, 0.5) is 5.69 Å². The van der Waals surface area contributed by atoms with E-state index in [4.69, 9.17) is 11.6 Å². The number of rotatable bonds is 5. The van der Waals surface area contributed by atoms with Crippen molar-refractivity contribution < 1.29 is 4.79 Å². The molecule has 0 radical (unpaired) electrons. The molecule has 5 nitrogen and oxygen atoms in total. The van der Waals surface area contributed by atoms with E-state index in [-0.39, 0.29) is 12.5 Å². The number of aryl methyl sites for hydroxylation is 1. The van der Waals surface area contributed by atoms with Crippen LogP contribution in [0.2, 0.25) is 5.02 Å². The molecular weight excluding hydrogens is 276 g/mol. The molecule has 2 N–H and O–H groups in total. The van der Waals surface area contributed by atoms with Crippen molar-refractivity contribution in [3.8, 4) is 0 Å². The number of carbonyl (C=O) groups excluding carboxylic acids is 1. The predicted octanol–water partition coefficient (Wildman–Crippen LogP) is 2.17. The molecule has 1 aromatic heterocycles. The molecule has 0 aliphatic heterocycles. The Hall–Kier alpha value is -1.98. The largest absolute Gasteiger partial charge is 0.325 e. The van der Waals surface area contributed by atoms with E-state index in [2.05, 4.69) is 20.6 Å². The molecule has 1 heterocycles.